The van der Waals surface area contributed by atoms with Crippen LogP contribution in [0.4, 0.5) is 5.69 Å². The van der Waals surface area contributed by atoms with Gasteiger partial charge in [-0.25, -0.2) is 0 Å². The molecule has 5 heteroatoms. The molecule has 3 N–H and O–H groups in total. The number of nitrogens with one attached hydrogen (secondary N) is 1. The number of nitrogens with zero attached hydrogens (tertiary/aromatic N) is 2. The fourth-order valence-electron chi connectivity index (χ4n) is 1.82. The van der Waals surface area contributed by atoms with E-state index in [4.69, 9.17) is 5.73 Å². The fraction of sp³-hybridized carbons (Fsp3) is 0.200. The van der Waals surface area contributed by atoms with Crippen LogP contribution in [-0.4, -0.2) is 22.2 Å². The summed E-state index contributed by atoms with van der Waals surface area (Å²) in [6.45, 7) is 2.28. The lowest BCUT2D eigenvalue weighted by molar-refractivity contribution is 0.101. The van der Waals surface area contributed by atoms with Crippen molar-refractivity contribution in [3.05, 3.63) is 47.3 Å². The summed E-state index contributed by atoms with van der Waals surface area (Å²) in [5.74, 6) is 5.61. The molecule has 102 valence electrons. The third kappa shape index (κ3) is 3.05. The first-order valence-electron chi connectivity index (χ1n) is 6.20. The Morgan fingerprint density at radius 1 is 1.45 bits per heavy atom. The molecule has 0 fully saturated rings. The van der Waals surface area contributed by atoms with Crippen LogP contribution < -0.4 is 11.1 Å². The molecule has 1 heterocycles. The molecule has 2 aromatic rings. The zero-order valence-corrected chi connectivity index (χ0v) is 11.5. The Bertz CT molecular complexity index is 691. The number of aromatic nitrogens is 2. The van der Waals surface area contributed by atoms with E-state index < -0.39 is 0 Å². The highest BCUT2D eigenvalue weighted by atomic mass is 16.2. The van der Waals surface area contributed by atoms with E-state index in [0.717, 1.165) is 16.8 Å². The second-order valence-electron chi connectivity index (χ2n) is 4.33. The smallest absolute Gasteiger partial charge is 0.273 e. The topological polar surface area (TPSA) is 72.9 Å². The van der Waals surface area contributed by atoms with Gasteiger partial charge in [-0.05, 0) is 36.8 Å². The average Bonchev–Trinajstić information content (AvgIpc) is 2.84. The van der Waals surface area contributed by atoms with Crippen LogP contribution in [0.2, 0.25) is 0 Å². The molecule has 20 heavy (non-hydrogen) atoms. The third-order valence-corrected chi connectivity index (χ3v) is 2.86. The quantitative estimate of drug-likeness (QED) is 0.806. The number of amides is 1. The number of carbonyl (C=O) groups is 1. The van der Waals surface area contributed by atoms with Crippen LogP contribution in [0.25, 0.3) is 0 Å². The van der Waals surface area contributed by atoms with Crippen molar-refractivity contribution in [3.8, 4) is 11.8 Å². The second-order valence-corrected chi connectivity index (χ2v) is 4.33. The van der Waals surface area contributed by atoms with E-state index in [1.54, 1.807) is 19.3 Å². The Labute approximate surface area is 117 Å². The van der Waals surface area contributed by atoms with E-state index in [9.17, 15) is 4.79 Å². The lowest BCUT2D eigenvalue weighted by Crippen LogP contribution is -2.16. The van der Waals surface area contributed by atoms with E-state index >= 15 is 0 Å². The van der Waals surface area contributed by atoms with Gasteiger partial charge in [0.2, 0.25) is 0 Å². The molecule has 0 bridgehead atoms. The van der Waals surface area contributed by atoms with Crippen LogP contribution in [0.5, 0.6) is 0 Å². The summed E-state index contributed by atoms with van der Waals surface area (Å²) in [7, 11) is 1.73. The number of rotatable bonds is 2. The van der Waals surface area contributed by atoms with Crippen LogP contribution in [0, 0.1) is 18.8 Å². The summed E-state index contributed by atoms with van der Waals surface area (Å²) in [6, 6.07) is 7.25. The predicted octanol–water partition coefficient (Wildman–Crippen LogP) is 1.29. The molecule has 2 rings (SSSR count). The van der Waals surface area contributed by atoms with Crippen molar-refractivity contribution in [3.63, 3.8) is 0 Å². The SMILES string of the molecule is Cc1cc(NC(=O)c2ccnn2C)ccc1C#CCN. The van der Waals surface area contributed by atoms with Crippen LogP contribution in [0.3, 0.4) is 0 Å². The van der Waals surface area contributed by atoms with Crippen molar-refractivity contribution < 1.29 is 4.79 Å². The van der Waals surface area contributed by atoms with Crippen LogP contribution in [-0.2, 0) is 7.05 Å². The highest BCUT2D eigenvalue weighted by molar-refractivity contribution is 6.03. The van der Waals surface area contributed by atoms with Gasteiger partial charge in [0, 0.05) is 24.5 Å². The minimum atomic E-state index is -0.190. The highest BCUT2D eigenvalue weighted by Gasteiger charge is 2.10. The minimum absolute atomic E-state index is 0.190. The first-order chi connectivity index (χ1) is 9.61. The largest absolute Gasteiger partial charge is 0.321 e. The summed E-state index contributed by atoms with van der Waals surface area (Å²) in [6.07, 6.45) is 1.59. The molecule has 0 atom stereocenters. The monoisotopic (exact) mass is 268 g/mol. The van der Waals surface area contributed by atoms with Gasteiger partial charge in [0.05, 0.1) is 6.54 Å². The maximum Gasteiger partial charge on any atom is 0.273 e. The number of hydrogen-bond acceptors (Lipinski definition) is 3. The Balaban J connectivity index is 2.17. The molecule has 0 aliphatic rings. The van der Waals surface area contributed by atoms with Crippen LogP contribution in [0.15, 0.2) is 30.5 Å². The van der Waals surface area contributed by atoms with E-state index in [2.05, 4.69) is 22.3 Å². The average molecular weight is 268 g/mol. The van der Waals surface area contributed by atoms with Gasteiger partial charge >= 0.3 is 0 Å². The Morgan fingerprint density at radius 2 is 2.25 bits per heavy atom. The van der Waals surface area contributed by atoms with E-state index in [0.29, 0.717) is 12.2 Å². The summed E-state index contributed by atoms with van der Waals surface area (Å²) in [4.78, 5) is 12.0. The first kappa shape index (κ1) is 13.8. The molecular weight excluding hydrogens is 252 g/mol. The van der Waals surface area contributed by atoms with Gasteiger partial charge in [0.15, 0.2) is 0 Å². The molecule has 0 radical (unpaired) electrons. The van der Waals surface area contributed by atoms with Gasteiger partial charge in [-0.2, -0.15) is 5.10 Å². The molecule has 1 aromatic heterocycles. The molecule has 1 amide bonds. The molecule has 0 aliphatic heterocycles. The van der Waals surface area contributed by atoms with Gasteiger partial charge in [-0.15, -0.1) is 0 Å². The lowest BCUT2D eigenvalue weighted by atomic mass is 10.1. The molecule has 0 saturated heterocycles. The molecule has 1 aromatic carbocycles. The lowest BCUT2D eigenvalue weighted by Gasteiger charge is -2.07. The van der Waals surface area contributed by atoms with Crippen molar-refractivity contribution in [2.75, 3.05) is 11.9 Å². The zero-order chi connectivity index (χ0) is 14.5. The van der Waals surface area contributed by atoms with Gasteiger partial charge in [0.1, 0.15) is 5.69 Å². The van der Waals surface area contributed by atoms with Crippen LogP contribution in [0.1, 0.15) is 21.6 Å². The molecule has 5 nitrogen and oxygen atoms in total. The predicted molar refractivity (Wildman–Crippen MR) is 78.3 cm³/mol. The number of carbonyl (C=O) groups excluding carboxylic acids is 1. The summed E-state index contributed by atoms with van der Waals surface area (Å²) in [5, 5.41) is 6.81. The maximum atomic E-state index is 12.0. The Hall–Kier alpha value is -2.58. The summed E-state index contributed by atoms with van der Waals surface area (Å²) < 4.78 is 1.53. The van der Waals surface area contributed by atoms with E-state index in [1.807, 2.05) is 25.1 Å². The van der Waals surface area contributed by atoms with Gasteiger partial charge in [-0.1, -0.05) is 11.8 Å². The Morgan fingerprint density at radius 3 is 2.85 bits per heavy atom. The number of nitrogens with two attached hydrogens (primary N) is 1. The summed E-state index contributed by atoms with van der Waals surface area (Å²) >= 11 is 0. The van der Waals surface area contributed by atoms with Gasteiger partial charge < -0.3 is 11.1 Å². The molecule has 0 spiro atoms. The number of anilines is 1. The van der Waals surface area contributed by atoms with Crippen molar-refractivity contribution >= 4 is 11.6 Å². The Kier molecular flexibility index (Phi) is 4.18. The first-order valence-corrected chi connectivity index (χ1v) is 6.20. The number of aryl methyl sites for hydroxylation is 2. The van der Waals surface area contributed by atoms with E-state index in [-0.39, 0.29) is 5.91 Å². The van der Waals surface area contributed by atoms with E-state index in [1.165, 1.54) is 4.68 Å². The van der Waals surface area contributed by atoms with Crippen molar-refractivity contribution in [2.45, 2.75) is 6.92 Å². The number of benzene rings is 1. The van der Waals surface area contributed by atoms with Crippen molar-refractivity contribution in [1.29, 1.82) is 0 Å². The van der Waals surface area contributed by atoms with Crippen molar-refractivity contribution in [1.82, 2.24) is 9.78 Å². The highest BCUT2D eigenvalue weighted by Crippen LogP contribution is 2.15. The molecular formula is C15H16N4O. The molecule has 0 saturated carbocycles. The third-order valence-electron chi connectivity index (χ3n) is 2.86. The van der Waals surface area contributed by atoms with Gasteiger partial charge in [-0.3, -0.25) is 9.48 Å². The second kappa shape index (κ2) is 6.04. The molecule has 0 unspecified atom stereocenters. The standard InChI is InChI=1S/C15H16N4O/c1-11-10-13(6-5-12(11)4-3-8-16)18-15(20)14-7-9-17-19(14)2/h5-7,9-10H,8,16H2,1-2H3,(H,18,20). The zero-order valence-electron chi connectivity index (χ0n) is 11.5. The van der Waals surface area contributed by atoms with Crippen molar-refractivity contribution in [2.24, 2.45) is 12.8 Å². The maximum absolute atomic E-state index is 12.0. The fourth-order valence-corrected chi connectivity index (χ4v) is 1.82. The van der Waals surface area contributed by atoms with Crippen LogP contribution >= 0.6 is 0 Å². The number of hydrogen-bond donors (Lipinski definition) is 2. The van der Waals surface area contributed by atoms with Gasteiger partial charge in [0.25, 0.3) is 5.91 Å². The molecule has 0 aliphatic carbocycles. The minimum Gasteiger partial charge on any atom is -0.321 e. The normalized spacial score (nSPS) is 9.75. The summed E-state index contributed by atoms with van der Waals surface area (Å²) in [5.41, 5.74) is 8.49.